The van der Waals surface area contributed by atoms with Crippen LogP contribution in [0.4, 0.5) is 5.95 Å². The molecule has 1 aromatic heterocycles. The van der Waals surface area contributed by atoms with Gasteiger partial charge in [-0.25, -0.2) is 9.97 Å². The number of anilines is 1. The summed E-state index contributed by atoms with van der Waals surface area (Å²) in [6, 6.07) is 7.54. The summed E-state index contributed by atoms with van der Waals surface area (Å²) in [6.45, 7) is 3.35. The molecule has 2 N–H and O–H groups in total. The summed E-state index contributed by atoms with van der Waals surface area (Å²) >= 11 is 5.84. The molecule has 0 unspecified atom stereocenters. The lowest BCUT2D eigenvalue weighted by Crippen LogP contribution is -2.24. The Labute approximate surface area is 135 Å². The largest absolute Gasteiger partial charge is 0.352 e. The topological polar surface area (TPSA) is 66.9 Å². The molecular weight excluding hydrogens is 300 g/mol. The van der Waals surface area contributed by atoms with E-state index in [-0.39, 0.29) is 5.91 Å². The van der Waals surface area contributed by atoms with E-state index >= 15 is 0 Å². The Bertz CT molecular complexity index is 599. The van der Waals surface area contributed by atoms with E-state index in [1.54, 1.807) is 0 Å². The van der Waals surface area contributed by atoms with Crippen LogP contribution in [0, 0.1) is 0 Å². The molecule has 0 fully saturated rings. The Morgan fingerprint density at radius 2 is 1.86 bits per heavy atom. The van der Waals surface area contributed by atoms with Gasteiger partial charge in [0.1, 0.15) is 0 Å². The maximum absolute atomic E-state index is 11.8. The summed E-state index contributed by atoms with van der Waals surface area (Å²) in [6.07, 6.45) is 5.06. The molecule has 0 radical (unpaired) electrons. The second-order valence-electron chi connectivity index (χ2n) is 4.88. The van der Waals surface area contributed by atoms with Crippen molar-refractivity contribution >= 4 is 23.5 Å². The first-order valence-electron chi connectivity index (χ1n) is 7.27. The molecule has 0 aliphatic carbocycles. The molecule has 0 aliphatic heterocycles. The molecule has 0 aliphatic rings. The average molecular weight is 319 g/mol. The Morgan fingerprint density at radius 1 is 1.18 bits per heavy atom. The average Bonchev–Trinajstić information content (AvgIpc) is 2.55. The van der Waals surface area contributed by atoms with E-state index < -0.39 is 0 Å². The maximum Gasteiger partial charge on any atom is 0.254 e. The van der Waals surface area contributed by atoms with Crippen molar-refractivity contribution in [2.75, 3.05) is 11.9 Å². The van der Waals surface area contributed by atoms with E-state index in [4.69, 9.17) is 11.6 Å². The number of halogens is 1. The van der Waals surface area contributed by atoms with Gasteiger partial charge in [-0.15, -0.1) is 0 Å². The van der Waals surface area contributed by atoms with Gasteiger partial charge in [-0.2, -0.15) is 0 Å². The van der Waals surface area contributed by atoms with Gasteiger partial charge in [-0.05, 0) is 24.1 Å². The summed E-state index contributed by atoms with van der Waals surface area (Å²) in [5.74, 6) is 0.345. The van der Waals surface area contributed by atoms with Gasteiger partial charge in [-0.1, -0.05) is 37.1 Å². The highest BCUT2D eigenvalue weighted by Gasteiger charge is 2.06. The number of benzene rings is 1. The van der Waals surface area contributed by atoms with Gasteiger partial charge in [0.2, 0.25) is 5.95 Å². The van der Waals surface area contributed by atoms with Gasteiger partial charge in [0.15, 0.2) is 0 Å². The number of carbonyl (C=O) groups excluding carboxylic acids is 1. The highest BCUT2D eigenvalue weighted by molar-refractivity contribution is 6.30. The van der Waals surface area contributed by atoms with Crippen LogP contribution in [0.1, 0.15) is 35.7 Å². The zero-order valence-electron chi connectivity index (χ0n) is 12.5. The van der Waals surface area contributed by atoms with Crippen LogP contribution in [0.25, 0.3) is 0 Å². The molecule has 5 nitrogen and oxygen atoms in total. The van der Waals surface area contributed by atoms with Gasteiger partial charge < -0.3 is 10.6 Å². The number of rotatable bonds is 7. The summed E-state index contributed by atoms with van der Waals surface area (Å²) in [5, 5.41) is 6.64. The first-order valence-corrected chi connectivity index (χ1v) is 7.65. The van der Waals surface area contributed by atoms with Crippen molar-refractivity contribution in [3.8, 4) is 0 Å². The molecule has 0 spiro atoms. The summed E-state index contributed by atoms with van der Waals surface area (Å²) < 4.78 is 0. The molecule has 2 rings (SSSR count). The van der Waals surface area contributed by atoms with Crippen LogP contribution in [-0.4, -0.2) is 22.4 Å². The summed E-state index contributed by atoms with van der Waals surface area (Å²) in [4.78, 5) is 20.1. The number of nitrogens with zero attached hydrogens (tertiary/aromatic N) is 2. The molecular formula is C16H19ClN4O. The van der Waals surface area contributed by atoms with Crippen molar-refractivity contribution in [2.45, 2.75) is 26.3 Å². The minimum atomic E-state index is -0.141. The number of aromatic nitrogens is 2. The number of unbranched alkanes of at least 4 members (excludes halogenated alkanes) is 1. The van der Waals surface area contributed by atoms with Gasteiger partial charge in [0.05, 0.1) is 5.56 Å². The van der Waals surface area contributed by atoms with E-state index in [9.17, 15) is 4.79 Å². The fraction of sp³-hybridized carbons (Fsp3) is 0.312. The molecule has 1 amide bonds. The Balaban J connectivity index is 1.86. The standard InChI is InChI=1S/C16H19ClN4O/c1-2-3-8-18-15(22)13-10-20-16(21-11-13)19-9-12-4-6-14(17)7-5-12/h4-7,10-11H,2-3,8-9H2,1H3,(H,18,22)(H,19,20,21). The van der Waals surface area contributed by atoms with E-state index in [0.717, 1.165) is 18.4 Å². The quantitative estimate of drug-likeness (QED) is 0.769. The van der Waals surface area contributed by atoms with Crippen molar-refractivity contribution in [1.29, 1.82) is 0 Å². The molecule has 0 saturated carbocycles. The highest BCUT2D eigenvalue weighted by atomic mass is 35.5. The van der Waals surface area contributed by atoms with Crippen LogP contribution in [-0.2, 0) is 6.54 Å². The normalized spacial score (nSPS) is 10.3. The smallest absolute Gasteiger partial charge is 0.254 e. The number of carbonyl (C=O) groups is 1. The van der Waals surface area contributed by atoms with E-state index in [1.165, 1.54) is 12.4 Å². The van der Waals surface area contributed by atoms with Crippen molar-refractivity contribution < 1.29 is 4.79 Å². The van der Waals surface area contributed by atoms with Crippen molar-refractivity contribution in [1.82, 2.24) is 15.3 Å². The first-order chi connectivity index (χ1) is 10.7. The van der Waals surface area contributed by atoms with Gasteiger partial charge in [0, 0.05) is 30.5 Å². The monoisotopic (exact) mass is 318 g/mol. The van der Waals surface area contributed by atoms with Gasteiger partial charge >= 0.3 is 0 Å². The molecule has 1 heterocycles. The van der Waals surface area contributed by atoms with Crippen LogP contribution in [0.3, 0.4) is 0 Å². The van der Waals surface area contributed by atoms with Crippen LogP contribution in [0.15, 0.2) is 36.7 Å². The lowest BCUT2D eigenvalue weighted by molar-refractivity contribution is 0.0952. The van der Waals surface area contributed by atoms with Gasteiger partial charge in [-0.3, -0.25) is 4.79 Å². The second-order valence-corrected chi connectivity index (χ2v) is 5.32. The number of hydrogen-bond acceptors (Lipinski definition) is 4. The van der Waals surface area contributed by atoms with Crippen molar-refractivity contribution in [3.63, 3.8) is 0 Å². The van der Waals surface area contributed by atoms with Crippen molar-refractivity contribution in [3.05, 3.63) is 52.8 Å². The lowest BCUT2D eigenvalue weighted by Gasteiger charge is -2.06. The Kier molecular flexibility index (Phi) is 6.15. The van der Waals surface area contributed by atoms with Gasteiger partial charge in [0.25, 0.3) is 5.91 Å². The highest BCUT2D eigenvalue weighted by Crippen LogP contribution is 2.10. The van der Waals surface area contributed by atoms with Crippen LogP contribution < -0.4 is 10.6 Å². The predicted octanol–water partition coefficient (Wildman–Crippen LogP) is 3.27. The molecule has 22 heavy (non-hydrogen) atoms. The number of hydrogen-bond donors (Lipinski definition) is 2. The van der Waals surface area contributed by atoms with Crippen molar-refractivity contribution in [2.24, 2.45) is 0 Å². The Hall–Kier alpha value is -2.14. The number of amides is 1. The molecule has 2 aromatic rings. The molecule has 1 aromatic carbocycles. The zero-order valence-corrected chi connectivity index (χ0v) is 13.2. The first kappa shape index (κ1) is 16.2. The van der Waals surface area contributed by atoms with E-state index in [0.29, 0.717) is 29.6 Å². The minimum Gasteiger partial charge on any atom is -0.352 e. The third-order valence-corrected chi connectivity index (χ3v) is 3.35. The minimum absolute atomic E-state index is 0.141. The third-order valence-electron chi connectivity index (χ3n) is 3.09. The van der Waals surface area contributed by atoms with E-state index in [2.05, 4.69) is 27.5 Å². The molecule has 0 saturated heterocycles. The fourth-order valence-electron chi connectivity index (χ4n) is 1.80. The fourth-order valence-corrected chi connectivity index (χ4v) is 1.93. The SMILES string of the molecule is CCCCNC(=O)c1cnc(NCc2ccc(Cl)cc2)nc1. The summed E-state index contributed by atoms with van der Waals surface area (Å²) in [7, 11) is 0. The number of nitrogens with one attached hydrogen (secondary N) is 2. The molecule has 0 bridgehead atoms. The van der Waals surface area contributed by atoms with Crippen LogP contribution in [0.2, 0.25) is 5.02 Å². The molecule has 6 heteroatoms. The Morgan fingerprint density at radius 3 is 2.50 bits per heavy atom. The third kappa shape index (κ3) is 5.00. The lowest BCUT2D eigenvalue weighted by atomic mass is 10.2. The maximum atomic E-state index is 11.8. The molecule has 116 valence electrons. The zero-order chi connectivity index (χ0) is 15.8. The van der Waals surface area contributed by atoms with Crippen LogP contribution in [0.5, 0.6) is 0 Å². The second kappa shape index (κ2) is 8.34. The summed E-state index contributed by atoms with van der Waals surface area (Å²) in [5.41, 5.74) is 1.54. The predicted molar refractivity (Wildman–Crippen MR) is 88.1 cm³/mol. The van der Waals surface area contributed by atoms with E-state index in [1.807, 2.05) is 24.3 Å². The van der Waals surface area contributed by atoms with Crippen LogP contribution >= 0.6 is 11.6 Å². The molecule has 0 atom stereocenters.